The summed E-state index contributed by atoms with van der Waals surface area (Å²) < 4.78 is 14.4. The summed E-state index contributed by atoms with van der Waals surface area (Å²) in [6.07, 6.45) is 2.25. The van der Waals surface area contributed by atoms with E-state index < -0.39 is 46.1 Å². The largest absolute Gasteiger partial charge is 0.501 e. The van der Waals surface area contributed by atoms with E-state index >= 15 is 0 Å². The van der Waals surface area contributed by atoms with Crippen LogP contribution in [0.5, 0.6) is 5.75 Å². The fraction of sp³-hybridized carbons (Fsp3) is 0.409. The third-order valence-electron chi connectivity index (χ3n) is 6.34. The van der Waals surface area contributed by atoms with Crippen LogP contribution in [0.4, 0.5) is 4.39 Å². The molecule has 0 saturated heterocycles. The van der Waals surface area contributed by atoms with Crippen LogP contribution in [0.25, 0.3) is 0 Å². The van der Waals surface area contributed by atoms with E-state index in [1.807, 2.05) is 0 Å². The normalized spacial score (nSPS) is 21.0. The second-order valence-corrected chi connectivity index (χ2v) is 8.42. The van der Waals surface area contributed by atoms with Gasteiger partial charge < -0.3 is 21.1 Å². The first-order chi connectivity index (χ1) is 15.7. The minimum Gasteiger partial charge on any atom is -0.501 e. The molecule has 0 spiro atoms. The van der Waals surface area contributed by atoms with Crippen molar-refractivity contribution >= 4 is 17.7 Å². The molecule has 3 aliphatic rings. The second kappa shape index (κ2) is 8.64. The number of carbonyl (C=O) groups excluding carboxylic acids is 3. The number of rotatable bonds is 4. The van der Waals surface area contributed by atoms with Crippen molar-refractivity contribution in [3.63, 3.8) is 0 Å². The number of hydrogen-bond donors (Lipinski definition) is 4. The predicted molar refractivity (Wildman–Crippen MR) is 114 cm³/mol. The van der Waals surface area contributed by atoms with Crippen molar-refractivity contribution in [3.8, 4) is 5.75 Å². The summed E-state index contributed by atoms with van der Waals surface area (Å²) in [5.41, 5.74) is -1.75. The molecule has 1 aromatic heterocycles. The molecular formula is C22H24FN5O5. The lowest BCUT2D eigenvalue weighted by Gasteiger charge is -2.36. The lowest BCUT2D eigenvalue weighted by Crippen LogP contribution is -2.53. The third kappa shape index (κ3) is 4.18. The van der Waals surface area contributed by atoms with Gasteiger partial charge in [0, 0.05) is 20.1 Å². The molecule has 2 aromatic rings. The summed E-state index contributed by atoms with van der Waals surface area (Å²) in [4.78, 5) is 54.4. The number of aromatic nitrogens is 2. The molecule has 10 nitrogen and oxygen atoms in total. The molecule has 0 unspecified atom stereocenters. The quantitative estimate of drug-likeness (QED) is 0.486. The molecule has 174 valence electrons. The fourth-order valence-electron chi connectivity index (χ4n) is 4.51. The van der Waals surface area contributed by atoms with Crippen molar-refractivity contribution in [1.29, 1.82) is 0 Å². The van der Waals surface area contributed by atoms with E-state index in [-0.39, 0.29) is 18.3 Å². The molecular weight excluding hydrogens is 433 g/mol. The number of benzene rings is 1. The van der Waals surface area contributed by atoms with Crippen LogP contribution in [0.1, 0.15) is 47.6 Å². The van der Waals surface area contributed by atoms with Crippen molar-refractivity contribution in [2.24, 2.45) is 5.92 Å². The van der Waals surface area contributed by atoms with Crippen molar-refractivity contribution in [1.82, 2.24) is 25.5 Å². The van der Waals surface area contributed by atoms with E-state index in [0.717, 1.165) is 0 Å². The number of nitrogens with one attached hydrogen (secondary N) is 3. The van der Waals surface area contributed by atoms with E-state index in [9.17, 15) is 28.7 Å². The minimum absolute atomic E-state index is 0.0271. The number of nitrogens with zero attached hydrogens (tertiary/aromatic N) is 2. The average Bonchev–Trinajstić information content (AvgIpc) is 3.06. The maximum atomic E-state index is 13.1. The van der Waals surface area contributed by atoms with Gasteiger partial charge in [-0.1, -0.05) is 12.1 Å². The van der Waals surface area contributed by atoms with Crippen molar-refractivity contribution in [2.75, 3.05) is 7.05 Å². The Bertz CT molecular complexity index is 1170. The monoisotopic (exact) mass is 457 g/mol. The van der Waals surface area contributed by atoms with Crippen LogP contribution in [0.15, 0.2) is 29.1 Å². The van der Waals surface area contributed by atoms with Gasteiger partial charge in [0.2, 0.25) is 5.75 Å². The Balaban J connectivity index is 1.70. The topological polar surface area (TPSA) is 142 Å². The summed E-state index contributed by atoms with van der Waals surface area (Å²) in [5.74, 6) is -3.40. The van der Waals surface area contributed by atoms with Crippen molar-refractivity contribution in [3.05, 3.63) is 57.5 Å². The first-order valence-corrected chi connectivity index (χ1v) is 10.7. The van der Waals surface area contributed by atoms with Gasteiger partial charge in [-0.25, -0.2) is 9.37 Å². The molecule has 0 radical (unpaired) electrons. The Morgan fingerprint density at radius 1 is 1.18 bits per heavy atom. The molecule has 11 heteroatoms. The van der Waals surface area contributed by atoms with E-state index in [0.29, 0.717) is 37.8 Å². The van der Waals surface area contributed by atoms with Crippen molar-refractivity contribution < 1.29 is 23.9 Å². The molecule has 1 aromatic carbocycles. The van der Waals surface area contributed by atoms with Crippen molar-refractivity contribution in [2.45, 2.75) is 44.3 Å². The van der Waals surface area contributed by atoms with Crippen LogP contribution in [0.2, 0.25) is 0 Å². The molecule has 3 amide bonds. The number of fused-ring (bicyclic) bond motifs is 2. The number of amides is 3. The lowest BCUT2D eigenvalue weighted by molar-refractivity contribution is -0.140. The highest BCUT2D eigenvalue weighted by Gasteiger charge is 2.46. The number of hydrogen-bond acceptors (Lipinski definition) is 6. The smallest absolute Gasteiger partial charge is 0.310 e. The highest BCUT2D eigenvalue weighted by atomic mass is 19.1. The SMILES string of the molecule is CNC(=O)C(=O)NC12CCC(CC1)Cn1c2nc(C(=O)NCc2ccc(F)cc2)c(O)c1=O. The van der Waals surface area contributed by atoms with Crippen LogP contribution >= 0.6 is 0 Å². The lowest BCUT2D eigenvalue weighted by atomic mass is 9.77. The Kier molecular flexibility index (Phi) is 5.88. The van der Waals surface area contributed by atoms with Gasteiger partial charge >= 0.3 is 11.8 Å². The summed E-state index contributed by atoms with van der Waals surface area (Å²) in [6.45, 7) is 0.322. The second-order valence-electron chi connectivity index (χ2n) is 8.42. The van der Waals surface area contributed by atoms with E-state index in [1.54, 1.807) is 0 Å². The third-order valence-corrected chi connectivity index (χ3v) is 6.34. The number of halogens is 1. The maximum absolute atomic E-state index is 13.1. The highest BCUT2D eigenvalue weighted by molar-refractivity contribution is 6.35. The fourth-order valence-corrected chi connectivity index (χ4v) is 4.51. The van der Waals surface area contributed by atoms with Gasteiger partial charge in [-0.3, -0.25) is 23.7 Å². The summed E-state index contributed by atoms with van der Waals surface area (Å²) >= 11 is 0. The maximum Gasteiger partial charge on any atom is 0.310 e. The van der Waals surface area contributed by atoms with E-state index in [1.165, 1.54) is 35.9 Å². The Morgan fingerprint density at radius 3 is 2.48 bits per heavy atom. The highest BCUT2D eigenvalue weighted by Crippen LogP contribution is 2.42. The molecule has 0 atom stereocenters. The minimum atomic E-state index is -1.12. The van der Waals surface area contributed by atoms with Crippen LogP contribution < -0.4 is 21.5 Å². The van der Waals surface area contributed by atoms with Gasteiger partial charge in [-0.05, 0) is 49.3 Å². The number of likely N-dealkylation sites (N-methyl/N-ethyl adjacent to an activating group) is 1. The van der Waals surface area contributed by atoms with Gasteiger partial charge in [-0.15, -0.1) is 0 Å². The van der Waals surface area contributed by atoms with Gasteiger partial charge in [0.1, 0.15) is 11.6 Å². The summed E-state index contributed by atoms with van der Waals surface area (Å²) in [5, 5.41) is 18.0. The molecule has 1 fully saturated rings. The van der Waals surface area contributed by atoms with E-state index in [4.69, 9.17) is 0 Å². The van der Waals surface area contributed by atoms with Crippen LogP contribution in [-0.2, 0) is 28.2 Å². The average molecular weight is 457 g/mol. The first kappa shape index (κ1) is 22.4. The molecule has 33 heavy (non-hydrogen) atoms. The molecule has 4 N–H and O–H groups in total. The zero-order chi connectivity index (χ0) is 23.8. The number of carbonyl (C=O) groups is 3. The number of aromatic hydroxyl groups is 1. The Morgan fingerprint density at radius 2 is 1.85 bits per heavy atom. The van der Waals surface area contributed by atoms with Gasteiger partial charge in [0.05, 0.1) is 5.54 Å². The standard InChI is InChI=1S/C22H24FN5O5/c1-24-18(31)19(32)27-22-8-6-13(7-9-22)11-28-20(33)16(29)15(26-21(22)28)17(30)25-10-12-2-4-14(23)5-3-12/h2-5,13,29H,6-11H2,1H3,(H,24,31)(H,25,30)(H,27,32). The van der Waals surface area contributed by atoms with Gasteiger partial charge in [0.25, 0.3) is 11.5 Å². The zero-order valence-electron chi connectivity index (χ0n) is 18.0. The molecule has 2 bridgehead atoms. The molecule has 5 rings (SSSR count). The van der Waals surface area contributed by atoms with Gasteiger partial charge in [-0.2, -0.15) is 0 Å². The van der Waals surface area contributed by atoms with Gasteiger partial charge in [0.15, 0.2) is 5.69 Å². The first-order valence-electron chi connectivity index (χ1n) is 10.7. The molecule has 1 aliphatic carbocycles. The summed E-state index contributed by atoms with van der Waals surface area (Å²) in [6, 6.07) is 5.50. The molecule has 3 heterocycles. The van der Waals surface area contributed by atoms with E-state index in [2.05, 4.69) is 20.9 Å². The van der Waals surface area contributed by atoms with Crippen LogP contribution in [0, 0.1) is 11.7 Å². The van der Waals surface area contributed by atoms with Crippen LogP contribution in [0.3, 0.4) is 0 Å². The zero-order valence-corrected chi connectivity index (χ0v) is 18.0. The van der Waals surface area contributed by atoms with Crippen LogP contribution in [-0.4, -0.2) is 39.4 Å². The predicted octanol–water partition coefficient (Wildman–Crippen LogP) is 0.279. The Hall–Kier alpha value is -3.76. The molecule has 2 aliphatic heterocycles. The summed E-state index contributed by atoms with van der Waals surface area (Å²) in [7, 11) is 1.34. The Labute approximate surface area is 188 Å². The molecule has 1 saturated carbocycles.